The third-order valence-corrected chi connectivity index (χ3v) is 4.52. The second-order valence-corrected chi connectivity index (χ2v) is 6.67. The molecule has 2 aromatic carbocycles. The molecule has 0 aliphatic carbocycles. The Morgan fingerprint density at radius 2 is 1.79 bits per heavy atom. The van der Waals surface area contributed by atoms with Crippen LogP contribution in [-0.4, -0.2) is 20.7 Å². The number of aromatic nitrogens is 3. The van der Waals surface area contributed by atoms with E-state index in [4.69, 9.17) is 0 Å². The Kier molecular flexibility index (Phi) is 5.16. The number of rotatable bonds is 5. The molecule has 4 aromatic rings. The molecule has 0 aliphatic heterocycles. The minimum atomic E-state index is -0.319. The minimum absolute atomic E-state index is 0.267. The third-order valence-electron chi connectivity index (χ3n) is 4.52. The molecule has 1 amide bonds. The second kappa shape index (κ2) is 8.06. The van der Waals surface area contributed by atoms with Crippen molar-refractivity contribution < 1.29 is 9.18 Å². The Morgan fingerprint density at radius 1 is 1.03 bits per heavy atom. The Balaban J connectivity index is 1.69. The molecular weight excluding hydrogens is 367 g/mol. The SMILES string of the molecule is Cc1ccc(-n2nc(-c3ccc(F)cc3)cc2C(=O)NCc2ccccn2)cc1. The molecule has 144 valence electrons. The summed E-state index contributed by atoms with van der Waals surface area (Å²) in [5.41, 5.74) is 4.36. The zero-order chi connectivity index (χ0) is 20.2. The summed E-state index contributed by atoms with van der Waals surface area (Å²) >= 11 is 0. The van der Waals surface area contributed by atoms with E-state index in [9.17, 15) is 9.18 Å². The van der Waals surface area contributed by atoms with Gasteiger partial charge >= 0.3 is 0 Å². The first-order valence-electron chi connectivity index (χ1n) is 9.21. The van der Waals surface area contributed by atoms with Crippen molar-refractivity contribution in [3.05, 3.63) is 102 Å². The Bertz CT molecular complexity index is 1120. The highest BCUT2D eigenvalue weighted by molar-refractivity contribution is 5.94. The molecule has 0 saturated heterocycles. The van der Waals surface area contributed by atoms with Crippen LogP contribution in [0.4, 0.5) is 4.39 Å². The van der Waals surface area contributed by atoms with Gasteiger partial charge in [0, 0.05) is 11.8 Å². The lowest BCUT2D eigenvalue weighted by Gasteiger charge is -2.08. The van der Waals surface area contributed by atoms with Gasteiger partial charge in [-0.25, -0.2) is 9.07 Å². The molecule has 0 fully saturated rings. The first kappa shape index (κ1) is 18.6. The molecular formula is C23H19FN4O. The Hall–Kier alpha value is -3.80. The average molecular weight is 386 g/mol. The third kappa shape index (κ3) is 4.21. The number of halogens is 1. The number of nitrogens with zero attached hydrogens (tertiary/aromatic N) is 3. The molecule has 0 spiro atoms. The minimum Gasteiger partial charge on any atom is -0.345 e. The molecule has 29 heavy (non-hydrogen) atoms. The van der Waals surface area contributed by atoms with Crippen molar-refractivity contribution in [2.75, 3.05) is 0 Å². The predicted octanol–water partition coefficient (Wildman–Crippen LogP) is 4.31. The van der Waals surface area contributed by atoms with Crippen LogP contribution in [0.1, 0.15) is 21.7 Å². The Morgan fingerprint density at radius 3 is 2.48 bits per heavy atom. The van der Waals surface area contributed by atoms with E-state index in [1.54, 1.807) is 29.1 Å². The summed E-state index contributed by atoms with van der Waals surface area (Å²) in [5, 5.41) is 7.49. The largest absolute Gasteiger partial charge is 0.345 e. The topological polar surface area (TPSA) is 59.8 Å². The highest BCUT2D eigenvalue weighted by atomic mass is 19.1. The molecule has 2 aromatic heterocycles. The molecule has 0 aliphatic rings. The number of nitrogens with one attached hydrogen (secondary N) is 1. The Labute approximate surface area is 167 Å². The first-order valence-corrected chi connectivity index (χ1v) is 9.21. The monoisotopic (exact) mass is 386 g/mol. The van der Waals surface area contributed by atoms with Crippen molar-refractivity contribution in [3.63, 3.8) is 0 Å². The summed E-state index contributed by atoms with van der Waals surface area (Å²) in [4.78, 5) is 17.1. The molecule has 2 heterocycles. The van der Waals surface area contributed by atoms with Crippen molar-refractivity contribution >= 4 is 5.91 Å². The lowest BCUT2D eigenvalue weighted by atomic mass is 10.1. The maximum Gasteiger partial charge on any atom is 0.270 e. The summed E-state index contributed by atoms with van der Waals surface area (Å²) in [7, 11) is 0. The van der Waals surface area contributed by atoms with E-state index < -0.39 is 0 Å². The highest BCUT2D eigenvalue weighted by Crippen LogP contribution is 2.22. The number of carbonyl (C=O) groups excluding carboxylic acids is 1. The molecule has 1 N–H and O–H groups in total. The highest BCUT2D eigenvalue weighted by Gasteiger charge is 2.18. The summed E-state index contributed by atoms with van der Waals surface area (Å²) < 4.78 is 14.9. The quantitative estimate of drug-likeness (QED) is 0.556. The van der Waals surface area contributed by atoms with Gasteiger partial charge in [-0.3, -0.25) is 9.78 Å². The van der Waals surface area contributed by atoms with Crippen LogP contribution in [0.25, 0.3) is 16.9 Å². The first-order chi connectivity index (χ1) is 14.1. The van der Waals surface area contributed by atoms with Gasteiger partial charge in [-0.1, -0.05) is 23.8 Å². The molecule has 0 unspecified atom stereocenters. The van der Waals surface area contributed by atoms with Gasteiger partial charge in [-0.15, -0.1) is 0 Å². The van der Waals surface area contributed by atoms with Gasteiger partial charge in [-0.05, 0) is 61.5 Å². The van der Waals surface area contributed by atoms with E-state index >= 15 is 0 Å². The van der Waals surface area contributed by atoms with Crippen LogP contribution >= 0.6 is 0 Å². The van der Waals surface area contributed by atoms with Gasteiger partial charge in [0.25, 0.3) is 5.91 Å². The fraction of sp³-hybridized carbons (Fsp3) is 0.0870. The fourth-order valence-electron chi connectivity index (χ4n) is 2.95. The number of benzene rings is 2. The van der Waals surface area contributed by atoms with Crippen LogP contribution in [0, 0.1) is 12.7 Å². The van der Waals surface area contributed by atoms with Crippen molar-refractivity contribution in [1.82, 2.24) is 20.1 Å². The van der Waals surface area contributed by atoms with Crippen LogP contribution in [0.2, 0.25) is 0 Å². The number of aryl methyl sites for hydroxylation is 1. The van der Waals surface area contributed by atoms with Crippen LogP contribution < -0.4 is 5.32 Å². The maximum atomic E-state index is 13.3. The predicted molar refractivity (Wildman–Crippen MR) is 109 cm³/mol. The van der Waals surface area contributed by atoms with Gasteiger partial charge in [-0.2, -0.15) is 5.10 Å². The van der Waals surface area contributed by atoms with Gasteiger partial charge < -0.3 is 5.32 Å². The summed E-state index contributed by atoms with van der Waals surface area (Å²) in [6.07, 6.45) is 1.69. The smallest absolute Gasteiger partial charge is 0.270 e. The summed E-state index contributed by atoms with van der Waals surface area (Å²) in [6.45, 7) is 2.31. The van der Waals surface area contributed by atoms with E-state index in [0.717, 1.165) is 22.5 Å². The summed E-state index contributed by atoms with van der Waals surface area (Å²) in [6, 6.07) is 21.0. The second-order valence-electron chi connectivity index (χ2n) is 6.67. The lowest BCUT2D eigenvalue weighted by molar-refractivity contribution is 0.0942. The van der Waals surface area contributed by atoms with E-state index in [1.165, 1.54) is 12.1 Å². The molecule has 0 radical (unpaired) electrons. The van der Waals surface area contributed by atoms with Crippen molar-refractivity contribution in [3.8, 4) is 16.9 Å². The van der Waals surface area contributed by atoms with Gasteiger partial charge in [0.15, 0.2) is 0 Å². The molecule has 0 atom stereocenters. The number of pyridine rings is 1. The number of carbonyl (C=O) groups is 1. The van der Waals surface area contributed by atoms with Gasteiger partial charge in [0.05, 0.1) is 23.6 Å². The molecule has 6 heteroatoms. The number of amides is 1. The van der Waals surface area contributed by atoms with Crippen LogP contribution in [0.5, 0.6) is 0 Å². The molecule has 0 saturated carbocycles. The van der Waals surface area contributed by atoms with Crippen molar-refractivity contribution in [2.24, 2.45) is 0 Å². The number of hydrogen-bond acceptors (Lipinski definition) is 3. The van der Waals surface area contributed by atoms with E-state index in [1.807, 2.05) is 49.4 Å². The van der Waals surface area contributed by atoms with Gasteiger partial charge in [0.2, 0.25) is 0 Å². The summed E-state index contributed by atoms with van der Waals surface area (Å²) in [5.74, 6) is -0.586. The standard InChI is InChI=1S/C23H19FN4O/c1-16-5-11-20(12-6-16)28-22(23(29)26-15-19-4-2-3-13-25-19)14-21(27-28)17-7-9-18(24)10-8-17/h2-14H,15H2,1H3,(H,26,29). The van der Waals surface area contributed by atoms with E-state index in [0.29, 0.717) is 17.9 Å². The fourth-order valence-corrected chi connectivity index (χ4v) is 2.95. The van der Waals surface area contributed by atoms with Crippen LogP contribution in [-0.2, 0) is 6.54 Å². The zero-order valence-corrected chi connectivity index (χ0v) is 15.8. The van der Waals surface area contributed by atoms with Crippen LogP contribution in [0.15, 0.2) is 79.0 Å². The maximum absolute atomic E-state index is 13.3. The van der Waals surface area contributed by atoms with Crippen molar-refractivity contribution in [1.29, 1.82) is 0 Å². The lowest BCUT2D eigenvalue weighted by Crippen LogP contribution is -2.25. The number of hydrogen-bond donors (Lipinski definition) is 1. The molecule has 0 bridgehead atoms. The van der Waals surface area contributed by atoms with Crippen LogP contribution in [0.3, 0.4) is 0 Å². The average Bonchev–Trinajstić information content (AvgIpc) is 3.19. The normalized spacial score (nSPS) is 10.7. The van der Waals surface area contributed by atoms with Gasteiger partial charge in [0.1, 0.15) is 11.5 Å². The van der Waals surface area contributed by atoms with E-state index in [2.05, 4.69) is 15.4 Å². The van der Waals surface area contributed by atoms with Crippen molar-refractivity contribution in [2.45, 2.75) is 13.5 Å². The molecule has 4 rings (SSSR count). The van der Waals surface area contributed by atoms with E-state index in [-0.39, 0.29) is 11.7 Å². The molecule has 5 nitrogen and oxygen atoms in total. The zero-order valence-electron chi connectivity index (χ0n) is 15.8.